The lowest BCUT2D eigenvalue weighted by Crippen LogP contribution is -2.60. The molecular weight excluding hydrogens is 404 g/mol. The number of hydrogen-bond donors (Lipinski definition) is 0. The molecule has 9 fully saturated rings. The van der Waals surface area contributed by atoms with E-state index in [9.17, 15) is 9.59 Å². The first-order valence-electron chi connectivity index (χ1n) is 13.5. The number of hydrazine groups is 1. The highest BCUT2D eigenvalue weighted by atomic mass is 16.6. The molecule has 2 amide bonds. The maximum absolute atomic E-state index is 13.4. The molecule has 9 aliphatic rings. The van der Waals surface area contributed by atoms with Crippen LogP contribution in [0.5, 0.6) is 0 Å². The molecule has 0 aromatic rings. The molecule has 32 heavy (non-hydrogen) atoms. The first-order chi connectivity index (χ1) is 15.5. The second kappa shape index (κ2) is 7.02. The van der Waals surface area contributed by atoms with Gasteiger partial charge in [0, 0.05) is 13.1 Å². The molecule has 9 rings (SSSR count). The van der Waals surface area contributed by atoms with Crippen molar-refractivity contribution in [3.8, 4) is 0 Å². The van der Waals surface area contributed by atoms with Gasteiger partial charge in [0.1, 0.15) is 11.2 Å². The molecule has 1 aliphatic heterocycles. The summed E-state index contributed by atoms with van der Waals surface area (Å²) in [5, 5.41) is 3.18. The molecule has 8 aliphatic carbocycles. The number of ether oxygens (including phenoxy) is 2. The summed E-state index contributed by atoms with van der Waals surface area (Å²) >= 11 is 0. The van der Waals surface area contributed by atoms with E-state index >= 15 is 0 Å². The number of nitrogens with zero attached hydrogens (tertiary/aromatic N) is 2. The summed E-state index contributed by atoms with van der Waals surface area (Å²) < 4.78 is 12.6. The van der Waals surface area contributed by atoms with Crippen molar-refractivity contribution in [3.05, 3.63) is 0 Å². The van der Waals surface area contributed by atoms with Gasteiger partial charge in [-0.15, -0.1) is 0 Å². The zero-order valence-electron chi connectivity index (χ0n) is 19.3. The topological polar surface area (TPSA) is 59.1 Å². The van der Waals surface area contributed by atoms with Crippen LogP contribution in [0.3, 0.4) is 0 Å². The van der Waals surface area contributed by atoms with Crippen molar-refractivity contribution in [3.63, 3.8) is 0 Å². The van der Waals surface area contributed by atoms with Crippen molar-refractivity contribution in [1.82, 2.24) is 10.0 Å². The molecule has 0 N–H and O–H groups in total. The van der Waals surface area contributed by atoms with Crippen LogP contribution in [-0.4, -0.2) is 46.5 Å². The van der Waals surface area contributed by atoms with E-state index in [1.54, 1.807) is 10.0 Å². The Balaban J connectivity index is 1.06. The predicted octanol–water partition coefficient (Wildman–Crippen LogP) is 5.51. The van der Waals surface area contributed by atoms with Crippen LogP contribution in [0.15, 0.2) is 0 Å². The third-order valence-corrected chi connectivity index (χ3v) is 10.3. The predicted molar refractivity (Wildman–Crippen MR) is 117 cm³/mol. The van der Waals surface area contributed by atoms with E-state index in [2.05, 4.69) is 0 Å². The van der Waals surface area contributed by atoms with E-state index in [0.29, 0.717) is 13.1 Å². The van der Waals surface area contributed by atoms with Gasteiger partial charge in [-0.25, -0.2) is 19.6 Å². The highest BCUT2D eigenvalue weighted by Gasteiger charge is 2.55. The van der Waals surface area contributed by atoms with Crippen molar-refractivity contribution in [2.75, 3.05) is 13.1 Å². The van der Waals surface area contributed by atoms with Crippen LogP contribution in [-0.2, 0) is 9.47 Å². The van der Waals surface area contributed by atoms with Crippen molar-refractivity contribution in [2.24, 2.45) is 35.5 Å². The number of carbonyl (C=O) groups excluding carboxylic acids is 2. The summed E-state index contributed by atoms with van der Waals surface area (Å²) in [7, 11) is 0. The average Bonchev–Trinajstić information content (AvgIpc) is 2.71. The van der Waals surface area contributed by atoms with Crippen molar-refractivity contribution in [2.45, 2.75) is 101 Å². The van der Waals surface area contributed by atoms with E-state index in [0.717, 1.165) is 86.9 Å². The van der Waals surface area contributed by atoms with Crippen LogP contribution >= 0.6 is 0 Å². The second-order valence-corrected chi connectivity index (χ2v) is 12.9. The molecule has 6 nitrogen and oxygen atoms in total. The van der Waals surface area contributed by atoms with E-state index in [4.69, 9.17) is 9.47 Å². The molecule has 0 spiro atoms. The molecule has 176 valence electrons. The van der Waals surface area contributed by atoms with Gasteiger partial charge in [0.25, 0.3) is 0 Å². The van der Waals surface area contributed by atoms with Gasteiger partial charge in [-0.05, 0) is 125 Å². The Morgan fingerprint density at radius 3 is 1.09 bits per heavy atom. The SMILES string of the molecule is O=C(OC12CC3CC(CC(C3)C1)C2)N1CCCCN1C(=O)OC12CC3CC(CC(C3)C1)C2. The molecule has 1 heterocycles. The van der Waals surface area contributed by atoms with Crippen LogP contribution in [0.1, 0.15) is 89.9 Å². The van der Waals surface area contributed by atoms with Crippen molar-refractivity contribution in [1.29, 1.82) is 0 Å². The number of amides is 2. The van der Waals surface area contributed by atoms with Crippen LogP contribution in [0, 0.1) is 35.5 Å². The third kappa shape index (κ3) is 3.26. The molecule has 0 aromatic carbocycles. The fourth-order valence-corrected chi connectivity index (χ4v) is 9.93. The minimum Gasteiger partial charge on any atom is -0.442 e. The Hall–Kier alpha value is -1.46. The highest BCUT2D eigenvalue weighted by Crippen LogP contribution is 2.58. The summed E-state index contributed by atoms with van der Waals surface area (Å²) in [4.78, 5) is 26.8. The third-order valence-electron chi connectivity index (χ3n) is 10.3. The molecular formula is C26H38N2O4. The zero-order valence-corrected chi connectivity index (χ0v) is 19.3. The van der Waals surface area contributed by atoms with Crippen molar-refractivity contribution >= 4 is 12.2 Å². The van der Waals surface area contributed by atoms with Crippen LogP contribution < -0.4 is 0 Å². The monoisotopic (exact) mass is 442 g/mol. The molecule has 8 bridgehead atoms. The number of rotatable bonds is 2. The Morgan fingerprint density at radius 2 is 0.812 bits per heavy atom. The lowest BCUT2D eigenvalue weighted by atomic mass is 9.54. The molecule has 6 heteroatoms. The summed E-state index contributed by atoms with van der Waals surface area (Å²) in [6, 6.07) is 0. The Kier molecular flexibility index (Phi) is 4.38. The summed E-state index contributed by atoms with van der Waals surface area (Å²) in [6.45, 7) is 1.11. The van der Waals surface area contributed by atoms with Gasteiger partial charge in [-0.2, -0.15) is 0 Å². The van der Waals surface area contributed by atoms with E-state index in [1.165, 1.54) is 38.5 Å². The van der Waals surface area contributed by atoms with Gasteiger partial charge in [-0.1, -0.05) is 0 Å². The lowest BCUT2D eigenvalue weighted by molar-refractivity contribution is -0.161. The van der Waals surface area contributed by atoms with Gasteiger partial charge in [0.05, 0.1) is 0 Å². The molecule has 0 aromatic heterocycles. The van der Waals surface area contributed by atoms with Gasteiger partial charge >= 0.3 is 12.2 Å². The summed E-state index contributed by atoms with van der Waals surface area (Å²) in [5.74, 6) is 4.38. The van der Waals surface area contributed by atoms with Gasteiger partial charge in [0.15, 0.2) is 0 Å². The minimum absolute atomic E-state index is 0.279. The van der Waals surface area contributed by atoms with Crippen LogP contribution in [0.2, 0.25) is 0 Å². The molecule has 1 saturated heterocycles. The summed E-state index contributed by atoms with van der Waals surface area (Å²) in [6.07, 6.45) is 15.3. The number of hydrogen-bond acceptors (Lipinski definition) is 4. The van der Waals surface area contributed by atoms with Crippen LogP contribution in [0.25, 0.3) is 0 Å². The van der Waals surface area contributed by atoms with Gasteiger partial charge < -0.3 is 9.47 Å². The Labute approximate surface area is 191 Å². The maximum atomic E-state index is 13.4. The van der Waals surface area contributed by atoms with E-state index in [-0.39, 0.29) is 23.4 Å². The first kappa shape index (κ1) is 20.0. The maximum Gasteiger partial charge on any atom is 0.429 e. The molecule has 0 unspecified atom stereocenters. The second-order valence-electron chi connectivity index (χ2n) is 12.9. The van der Waals surface area contributed by atoms with Gasteiger partial charge in [-0.3, -0.25) is 0 Å². The fourth-order valence-electron chi connectivity index (χ4n) is 9.93. The quantitative estimate of drug-likeness (QED) is 0.566. The number of carbonyl (C=O) groups is 2. The highest BCUT2D eigenvalue weighted by molar-refractivity contribution is 5.75. The fraction of sp³-hybridized carbons (Fsp3) is 0.923. The van der Waals surface area contributed by atoms with E-state index in [1.807, 2.05) is 0 Å². The lowest BCUT2D eigenvalue weighted by Gasteiger charge is -2.56. The van der Waals surface area contributed by atoms with Crippen LogP contribution in [0.4, 0.5) is 9.59 Å². The smallest absolute Gasteiger partial charge is 0.429 e. The van der Waals surface area contributed by atoms with Gasteiger partial charge in [0.2, 0.25) is 0 Å². The largest absolute Gasteiger partial charge is 0.442 e. The molecule has 0 radical (unpaired) electrons. The Morgan fingerprint density at radius 1 is 0.531 bits per heavy atom. The minimum atomic E-state index is -0.311. The average molecular weight is 443 g/mol. The molecule has 8 saturated carbocycles. The normalized spacial score (nSPS) is 48.2. The first-order valence-corrected chi connectivity index (χ1v) is 13.5. The standard InChI is InChI=1S/C26H38N2O4/c29-23(31-25-11-17-5-18(12-25)7-19(6-17)13-25)27-3-1-2-4-28(27)24(30)32-26-14-20-8-21(15-26)10-22(9-20)16-26/h17-22H,1-16H2. The zero-order chi connectivity index (χ0) is 21.5. The molecule has 0 atom stereocenters. The van der Waals surface area contributed by atoms with Crippen molar-refractivity contribution < 1.29 is 19.1 Å². The summed E-state index contributed by atoms with van der Waals surface area (Å²) in [5.41, 5.74) is -0.558. The van der Waals surface area contributed by atoms with E-state index < -0.39 is 0 Å². The Bertz CT molecular complexity index is 673.